The summed E-state index contributed by atoms with van der Waals surface area (Å²) in [5.41, 5.74) is 5.76. The van der Waals surface area contributed by atoms with E-state index in [0.29, 0.717) is 19.8 Å². The van der Waals surface area contributed by atoms with E-state index in [-0.39, 0.29) is 18.3 Å². The van der Waals surface area contributed by atoms with Crippen molar-refractivity contribution >= 4 is 8.07 Å². The Kier molecular flexibility index (Phi) is 7.47. The van der Waals surface area contributed by atoms with Gasteiger partial charge in [0.05, 0.1) is 25.9 Å². The lowest BCUT2D eigenvalue weighted by Crippen LogP contribution is -2.29. The van der Waals surface area contributed by atoms with Crippen molar-refractivity contribution in [3.8, 4) is 11.5 Å². The van der Waals surface area contributed by atoms with Crippen LogP contribution >= 0.6 is 0 Å². The third-order valence-electron chi connectivity index (χ3n) is 4.51. The van der Waals surface area contributed by atoms with Crippen LogP contribution in [0, 0.1) is 11.5 Å². The van der Waals surface area contributed by atoms with E-state index in [1.54, 1.807) is 0 Å². The number of hydrogen-bond donors (Lipinski definition) is 0. The summed E-state index contributed by atoms with van der Waals surface area (Å²) in [6.45, 7) is 8.42. The maximum absolute atomic E-state index is 6.21. The summed E-state index contributed by atoms with van der Waals surface area (Å²) in [7, 11) is -1.42. The highest BCUT2D eigenvalue weighted by atomic mass is 28.3. The van der Waals surface area contributed by atoms with E-state index in [4.69, 9.17) is 14.2 Å². The minimum atomic E-state index is -1.42. The summed E-state index contributed by atoms with van der Waals surface area (Å²) >= 11 is 0. The molecule has 1 saturated heterocycles. The Labute approximate surface area is 170 Å². The minimum absolute atomic E-state index is 0.00286. The van der Waals surface area contributed by atoms with Crippen molar-refractivity contribution < 1.29 is 14.2 Å². The van der Waals surface area contributed by atoms with Crippen molar-refractivity contribution in [3.63, 3.8) is 0 Å². The van der Waals surface area contributed by atoms with Gasteiger partial charge in [-0.05, 0) is 11.1 Å². The highest BCUT2D eigenvalue weighted by Gasteiger charge is 2.35. The molecule has 0 amide bonds. The number of rotatable bonds is 7. The Morgan fingerprint density at radius 2 is 1.54 bits per heavy atom. The van der Waals surface area contributed by atoms with Crippen molar-refractivity contribution in [1.29, 1.82) is 0 Å². The molecule has 1 heterocycles. The van der Waals surface area contributed by atoms with E-state index in [1.807, 2.05) is 36.4 Å². The van der Waals surface area contributed by atoms with Crippen LogP contribution in [-0.2, 0) is 27.4 Å². The van der Waals surface area contributed by atoms with Crippen molar-refractivity contribution in [3.05, 3.63) is 71.8 Å². The quantitative estimate of drug-likeness (QED) is 0.497. The van der Waals surface area contributed by atoms with Gasteiger partial charge in [0.15, 0.2) is 0 Å². The standard InChI is InChI=1S/C24H30O3Si/c1-28(2,3)15-14-22-16-23(26-18-21-12-8-5-9-13-21)24(27-22)19-25-17-20-10-6-4-7-11-20/h4-13,22-24H,16-19H2,1-3H3/t22-,23-,24+/m0/s1. The normalized spacial score (nSPS) is 21.9. The van der Waals surface area contributed by atoms with Crippen LogP contribution in [0.5, 0.6) is 0 Å². The van der Waals surface area contributed by atoms with Crippen LogP contribution in [0.25, 0.3) is 0 Å². The topological polar surface area (TPSA) is 27.7 Å². The molecule has 0 spiro atoms. The summed E-state index contributed by atoms with van der Waals surface area (Å²) in [6, 6.07) is 20.5. The predicted octanol–water partition coefficient (Wildman–Crippen LogP) is 4.83. The largest absolute Gasteiger partial charge is 0.374 e. The van der Waals surface area contributed by atoms with Crippen molar-refractivity contribution in [2.24, 2.45) is 0 Å². The van der Waals surface area contributed by atoms with Crippen LogP contribution in [-0.4, -0.2) is 33.0 Å². The van der Waals surface area contributed by atoms with Crippen LogP contribution < -0.4 is 0 Å². The van der Waals surface area contributed by atoms with Gasteiger partial charge in [-0.2, -0.15) is 0 Å². The highest BCUT2D eigenvalue weighted by Crippen LogP contribution is 2.25. The molecule has 148 valence electrons. The van der Waals surface area contributed by atoms with Crippen molar-refractivity contribution in [2.75, 3.05) is 6.61 Å². The fourth-order valence-electron chi connectivity index (χ4n) is 3.07. The van der Waals surface area contributed by atoms with Gasteiger partial charge in [-0.1, -0.05) is 86.2 Å². The van der Waals surface area contributed by atoms with Gasteiger partial charge in [0.25, 0.3) is 0 Å². The second-order valence-electron chi connectivity index (χ2n) is 8.25. The summed E-state index contributed by atoms with van der Waals surface area (Å²) in [4.78, 5) is 0. The molecule has 1 aliphatic heterocycles. The van der Waals surface area contributed by atoms with Crippen LogP contribution in [0.4, 0.5) is 0 Å². The molecule has 1 aliphatic rings. The monoisotopic (exact) mass is 394 g/mol. The molecule has 0 aliphatic carbocycles. The minimum Gasteiger partial charge on any atom is -0.374 e. The average Bonchev–Trinajstić information content (AvgIpc) is 3.08. The molecule has 4 heteroatoms. The summed E-state index contributed by atoms with van der Waals surface area (Å²) < 4.78 is 18.3. The summed E-state index contributed by atoms with van der Waals surface area (Å²) in [5.74, 6) is 3.34. The Morgan fingerprint density at radius 3 is 2.14 bits per heavy atom. The Hall–Kier alpha value is -1.90. The van der Waals surface area contributed by atoms with Gasteiger partial charge in [0.1, 0.15) is 20.3 Å². The molecule has 3 rings (SSSR count). The first kappa shape index (κ1) is 20.8. The van der Waals surface area contributed by atoms with Crippen LogP contribution in [0.2, 0.25) is 19.6 Å². The first-order chi connectivity index (χ1) is 13.5. The maximum Gasteiger partial charge on any atom is 0.129 e. The molecule has 0 radical (unpaired) electrons. The first-order valence-electron chi connectivity index (χ1n) is 9.95. The predicted molar refractivity (Wildman–Crippen MR) is 116 cm³/mol. The lowest BCUT2D eigenvalue weighted by atomic mass is 10.1. The molecule has 0 aromatic heterocycles. The molecule has 3 atom stereocenters. The second kappa shape index (κ2) is 10.0. The van der Waals surface area contributed by atoms with Crippen LogP contribution in [0.3, 0.4) is 0 Å². The van der Waals surface area contributed by atoms with Gasteiger partial charge >= 0.3 is 0 Å². The number of hydrogen-bond acceptors (Lipinski definition) is 3. The van der Waals surface area contributed by atoms with Gasteiger partial charge < -0.3 is 14.2 Å². The van der Waals surface area contributed by atoms with Gasteiger partial charge in [-0.3, -0.25) is 0 Å². The van der Waals surface area contributed by atoms with Crippen molar-refractivity contribution in [2.45, 2.75) is 57.6 Å². The molecule has 0 N–H and O–H groups in total. The van der Waals surface area contributed by atoms with E-state index in [1.165, 1.54) is 5.56 Å². The average molecular weight is 395 g/mol. The fraction of sp³-hybridized carbons (Fsp3) is 0.417. The van der Waals surface area contributed by atoms with Gasteiger partial charge in [0.2, 0.25) is 0 Å². The molecule has 28 heavy (non-hydrogen) atoms. The fourth-order valence-corrected chi connectivity index (χ4v) is 3.67. The van der Waals surface area contributed by atoms with E-state index >= 15 is 0 Å². The number of ether oxygens (including phenoxy) is 3. The summed E-state index contributed by atoms with van der Waals surface area (Å²) in [6.07, 6.45) is 0.632. The van der Waals surface area contributed by atoms with E-state index in [9.17, 15) is 0 Å². The summed E-state index contributed by atoms with van der Waals surface area (Å²) in [5, 5.41) is 0. The molecule has 0 bridgehead atoms. The Balaban J connectivity index is 1.58. The molecule has 0 unspecified atom stereocenters. The van der Waals surface area contributed by atoms with Crippen LogP contribution in [0.15, 0.2) is 60.7 Å². The molecule has 2 aromatic rings. The zero-order valence-electron chi connectivity index (χ0n) is 17.1. The Bertz CT molecular complexity index is 774. The third-order valence-corrected chi connectivity index (χ3v) is 5.40. The zero-order valence-corrected chi connectivity index (χ0v) is 18.1. The molecule has 0 saturated carbocycles. The lowest BCUT2D eigenvalue weighted by Gasteiger charge is -2.19. The Morgan fingerprint density at radius 1 is 0.929 bits per heavy atom. The molecule has 1 fully saturated rings. The second-order valence-corrected chi connectivity index (χ2v) is 13.0. The molecule has 3 nitrogen and oxygen atoms in total. The highest BCUT2D eigenvalue weighted by molar-refractivity contribution is 6.83. The molecular weight excluding hydrogens is 364 g/mol. The van der Waals surface area contributed by atoms with Gasteiger partial charge in [-0.15, -0.1) is 5.54 Å². The third kappa shape index (κ3) is 6.92. The van der Waals surface area contributed by atoms with E-state index in [0.717, 1.165) is 12.0 Å². The van der Waals surface area contributed by atoms with Gasteiger partial charge in [0, 0.05) is 6.42 Å². The van der Waals surface area contributed by atoms with E-state index in [2.05, 4.69) is 55.4 Å². The maximum atomic E-state index is 6.21. The van der Waals surface area contributed by atoms with E-state index < -0.39 is 8.07 Å². The van der Waals surface area contributed by atoms with Gasteiger partial charge in [-0.25, -0.2) is 0 Å². The zero-order chi connectivity index (χ0) is 19.8. The molecule has 2 aromatic carbocycles. The smallest absolute Gasteiger partial charge is 0.129 e. The lowest BCUT2D eigenvalue weighted by molar-refractivity contribution is -0.0651. The van der Waals surface area contributed by atoms with Crippen molar-refractivity contribution in [1.82, 2.24) is 0 Å². The first-order valence-corrected chi connectivity index (χ1v) is 13.4. The molecular formula is C24H30O3Si. The SMILES string of the molecule is C[Si](C)(C)C#C[C@H]1C[C@H](OCc2ccccc2)[C@@H](COCc2ccccc2)O1. The van der Waals surface area contributed by atoms with Crippen LogP contribution in [0.1, 0.15) is 17.5 Å². The number of benzene rings is 2.